The third kappa shape index (κ3) is 3.85. The first-order valence-electron chi connectivity index (χ1n) is 10.7. The number of ether oxygens (including phenoxy) is 2. The van der Waals surface area contributed by atoms with E-state index in [0.29, 0.717) is 35.2 Å². The second kappa shape index (κ2) is 8.87. The molecule has 1 aliphatic rings. The molecule has 0 amide bonds. The molecule has 2 aromatic heterocycles. The van der Waals surface area contributed by atoms with Crippen LogP contribution in [0.3, 0.4) is 0 Å². The first-order valence-corrected chi connectivity index (χ1v) is 11.5. The Balaban J connectivity index is 1.50. The average molecular weight is 471 g/mol. The van der Waals surface area contributed by atoms with E-state index in [2.05, 4.69) is 15.0 Å². The van der Waals surface area contributed by atoms with Gasteiger partial charge in [0.05, 0.1) is 46.1 Å². The minimum Gasteiger partial charge on any atom is -0.493 e. The molecule has 10 heteroatoms. The Morgan fingerprint density at radius 3 is 2.55 bits per heavy atom. The number of nitrogens with zero attached hydrogens (tertiary/aromatic N) is 4. The molecule has 33 heavy (non-hydrogen) atoms. The van der Waals surface area contributed by atoms with Gasteiger partial charge in [0.15, 0.2) is 17.5 Å². The minimum absolute atomic E-state index is 0.0938. The van der Waals surface area contributed by atoms with E-state index in [1.54, 1.807) is 20.3 Å². The predicted molar refractivity (Wildman–Crippen MR) is 123 cm³/mol. The average Bonchev–Trinajstić information content (AvgIpc) is 3.43. The number of fused-ring (bicyclic) bond motifs is 1. The molecule has 1 saturated heterocycles. The summed E-state index contributed by atoms with van der Waals surface area (Å²) in [4.78, 5) is 9.01. The topological polar surface area (TPSA) is 76.6 Å². The Morgan fingerprint density at radius 1 is 1.09 bits per heavy atom. The number of methoxy groups -OCH3 is 2. The molecule has 2 aromatic carbocycles. The fourth-order valence-electron chi connectivity index (χ4n) is 4.52. The molecule has 0 unspecified atom stereocenters. The molecule has 2 N–H and O–H groups in total. The second-order valence-corrected chi connectivity index (χ2v) is 8.90. The van der Waals surface area contributed by atoms with Crippen molar-refractivity contribution in [3.63, 3.8) is 0 Å². The van der Waals surface area contributed by atoms with E-state index >= 15 is 0 Å². The summed E-state index contributed by atoms with van der Waals surface area (Å²) in [5.41, 5.74) is 1.61. The van der Waals surface area contributed by atoms with E-state index in [4.69, 9.17) is 9.47 Å². The first kappa shape index (κ1) is 21.5. The minimum atomic E-state index is -0.208. The van der Waals surface area contributed by atoms with Crippen molar-refractivity contribution in [3.8, 4) is 17.4 Å². The van der Waals surface area contributed by atoms with E-state index < -0.39 is 0 Å². The zero-order valence-corrected chi connectivity index (χ0v) is 19.2. The number of anilines is 1. The fourth-order valence-corrected chi connectivity index (χ4v) is 5.63. The predicted octanol–water partition coefficient (Wildman–Crippen LogP) is 2.15. The van der Waals surface area contributed by atoms with Crippen molar-refractivity contribution in [1.82, 2.24) is 14.6 Å². The number of hydrogen-bond donors (Lipinski definition) is 2. The lowest BCUT2D eigenvalue weighted by Crippen LogP contribution is -3.15. The second-order valence-electron chi connectivity index (χ2n) is 7.89. The van der Waals surface area contributed by atoms with Crippen molar-refractivity contribution in [2.45, 2.75) is 6.04 Å². The van der Waals surface area contributed by atoms with Crippen LogP contribution >= 0.6 is 11.3 Å². The van der Waals surface area contributed by atoms with Gasteiger partial charge in [0.1, 0.15) is 17.0 Å². The van der Waals surface area contributed by atoms with Gasteiger partial charge in [0.25, 0.3) is 0 Å². The number of thiazole rings is 1. The summed E-state index contributed by atoms with van der Waals surface area (Å²) in [5.74, 6) is 1.16. The Morgan fingerprint density at radius 2 is 1.85 bits per heavy atom. The third-order valence-electron chi connectivity index (χ3n) is 6.15. The van der Waals surface area contributed by atoms with Crippen LogP contribution in [0.25, 0.3) is 4.96 Å². The van der Waals surface area contributed by atoms with Gasteiger partial charge in [-0.2, -0.15) is 9.61 Å². The molecule has 5 rings (SSSR count). The quantitative estimate of drug-likeness (QED) is 0.450. The first-order chi connectivity index (χ1) is 16.1. The summed E-state index contributed by atoms with van der Waals surface area (Å²) in [6.45, 7) is 2.92. The molecule has 8 nitrogen and oxygen atoms in total. The number of nitrogens with one attached hydrogen (secondary N) is 1. The standard InChI is InChI=1S/C23H24FN5O3S/c1-31-18-8-7-15(13-19(18)32-2)20(21-22(30)29-23(33-21)25-14-26-29)28-11-9-27(10-12-28)17-6-4-3-5-16(17)24/h3-8,13-14,20,30H,9-12H2,1-2H3/p+1/t20-/m1/s1. The van der Waals surface area contributed by atoms with Crippen LogP contribution in [0.15, 0.2) is 48.8 Å². The molecule has 1 atom stereocenters. The maximum Gasteiger partial charge on any atom is 0.235 e. The van der Waals surface area contributed by atoms with Crippen LogP contribution in [0.1, 0.15) is 16.5 Å². The molecule has 0 radical (unpaired) electrons. The smallest absolute Gasteiger partial charge is 0.235 e. The lowest BCUT2D eigenvalue weighted by molar-refractivity contribution is -0.925. The number of halogens is 1. The van der Waals surface area contributed by atoms with Crippen LogP contribution in [0, 0.1) is 5.82 Å². The summed E-state index contributed by atoms with van der Waals surface area (Å²) in [6, 6.07) is 12.5. The normalized spacial score (nSPS) is 15.7. The summed E-state index contributed by atoms with van der Waals surface area (Å²) in [5, 5.41) is 15.1. The highest BCUT2D eigenvalue weighted by Gasteiger charge is 2.35. The number of rotatable bonds is 6. The molecule has 0 aliphatic carbocycles. The summed E-state index contributed by atoms with van der Waals surface area (Å²) in [6.07, 6.45) is 1.43. The van der Waals surface area contributed by atoms with Crippen molar-refractivity contribution < 1.29 is 23.9 Å². The molecule has 3 heterocycles. The third-order valence-corrected chi connectivity index (χ3v) is 7.25. The Hall–Kier alpha value is -3.37. The van der Waals surface area contributed by atoms with Crippen LogP contribution in [0.4, 0.5) is 10.1 Å². The van der Waals surface area contributed by atoms with Crippen LogP contribution in [0.5, 0.6) is 17.4 Å². The molecule has 0 bridgehead atoms. The van der Waals surface area contributed by atoms with Crippen molar-refractivity contribution in [2.75, 3.05) is 45.3 Å². The monoisotopic (exact) mass is 470 g/mol. The number of hydrogen-bond acceptors (Lipinski definition) is 7. The van der Waals surface area contributed by atoms with E-state index in [0.717, 1.165) is 23.5 Å². The highest BCUT2D eigenvalue weighted by atomic mass is 32.1. The lowest BCUT2D eigenvalue weighted by atomic mass is 10.0. The maximum atomic E-state index is 14.3. The zero-order valence-electron chi connectivity index (χ0n) is 18.4. The van der Waals surface area contributed by atoms with E-state index in [1.807, 2.05) is 30.3 Å². The fraction of sp³-hybridized carbons (Fsp3) is 0.304. The summed E-state index contributed by atoms with van der Waals surface area (Å²) in [7, 11) is 3.21. The largest absolute Gasteiger partial charge is 0.493 e. The number of para-hydroxylation sites is 1. The van der Waals surface area contributed by atoms with Gasteiger partial charge in [-0.3, -0.25) is 0 Å². The summed E-state index contributed by atoms with van der Waals surface area (Å²) >= 11 is 1.42. The molecule has 1 fully saturated rings. The van der Waals surface area contributed by atoms with Gasteiger partial charge in [0, 0.05) is 5.56 Å². The number of benzene rings is 2. The highest BCUT2D eigenvalue weighted by molar-refractivity contribution is 7.17. The van der Waals surface area contributed by atoms with Crippen LogP contribution < -0.4 is 19.3 Å². The zero-order chi connectivity index (χ0) is 22.9. The SMILES string of the molecule is COc1ccc([C@H](c2sc3ncnn3c2O)[NH+]2CCN(c3ccccc3F)CC2)cc1OC. The van der Waals surface area contributed by atoms with E-state index in [-0.39, 0.29) is 17.7 Å². The van der Waals surface area contributed by atoms with E-state index in [9.17, 15) is 9.50 Å². The number of aromatic nitrogens is 3. The number of piperazine rings is 1. The van der Waals surface area contributed by atoms with Gasteiger partial charge >= 0.3 is 0 Å². The molecule has 172 valence electrons. The van der Waals surface area contributed by atoms with Gasteiger partial charge in [0.2, 0.25) is 10.8 Å². The summed E-state index contributed by atoms with van der Waals surface area (Å²) < 4.78 is 26.7. The van der Waals surface area contributed by atoms with Crippen LogP contribution in [-0.4, -0.2) is 60.1 Å². The Bertz CT molecular complexity index is 1270. The van der Waals surface area contributed by atoms with Crippen LogP contribution in [0.2, 0.25) is 0 Å². The Labute approximate surface area is 194 Å². The molecule has 0 saturated carbocycles. The van der Waals surface area contributed by atoms with Crippen molar-refractivity contribution in [3.05, 3.63) is 65.0 Å². The van der Waals surface area contributed by atoms with Gasteiger partial charge in [-0.15, -0.1) is 0 Å². The van der Waals surface area contributed by atoms with Crippen molar-refractivity contribution >= 4 is 22.0 Å². The highest BCUT2D eigenvalue weighted by Crippen LogP contribution is 2.37. The van der Waals surface area contributed by atoms with Gasteiger partial charge in [-0.1, -0.05) is 23.5 Å². The lowest BCUT2D eigenvalue weighted by Gasteiger charge is -2.37. The molecular weight excluding hydrogens is 445 g/mol. The van der Waals surface area contributed by atoms with Gasteiger partial charge in [-0.25, -0.2) is 9.37 Å². The van der Waals surface area contributed by atoms with Crippen molar-refractivity contribution in [1.29, 1.82) is 0 Å². The molecule has 0 spiro atoms. The van der Waals surface area contributed by atoms with Gasteiger partial charge in [-0.05, 0) is 30.3 Å². The number of quaternary nitrogens is 1. The maximum absolute atomic E-state index is 14.3. The van der Waals surface area contributed by atoms with Gasteiger partial charge < -0.3 is 24.4 Å². The van der Waals surface area contributed by atoms with Crippen LogP contribution in [-0.2, 0) is 0 Å². The Kier molecular flexibility index (Phi) is 5.77. The molecule has 4 aromatic rings. The van der Waals surface area contributed by atoms with E-state index in [1.165, 1.54) is 33.1 Å². The molecule has 1 aliphatic heterocycles. The molecular formula is C23H25FN5O3S+. The number of aromatic hydroxyl groups is 1. The van der Waals surface area contributed by atoms with Crippen molar-refractivity contribution in [2.24, 2.45) is 0 Å².